The Kier molecular flexibility index (Phi) is 10.0. The van der Waals surface area contributed by atoms with Gasteiger partial charge in [-0.3, -0.25) is 19.2 Å². The number of hydrogen-bond donors (Lipinski definition) is 0. The highest BCUT2D eigenvalue weighted by Gasteiger charge is 2.53. The quantitative estimate of drug-likeness (QED) is 0.0824. The van der Waals surface area contributed by atoms with E-state index in [9.17, 15) is 19.2 Å². The van der Waals surface area contributed by atoms with E-state index in [4.69, 9.17) is 18.6 Å². The largest absolute Gasteiger partial charge is 0.493 e. The summed E-state index contributed by atoms with van der Waals surface area (Å²) in [7, 11) is 0. The highest BCUT2D eigenvalue weighted by atomic mass is 16.6. The van der Waals surface area contributed by atoms with E-state index in [1.807, 2.05) is 30.3 Å². The number of nitrogens with zero attached hydrogens (tertiary/aromatic N) is 3. The fraction of sp³-hybridized carbons (Fsp3) is 0.368. The summed E-state index contributed by atoms with van der Waals surface area (Å²) in [6.45, 7) is 10.2. The predicted molar refractivity (Wildman–Crippen MR) is 183 cm³/mol. The minimum atomic E-state index is -2.16. The van der Waals surface area contributed by atoms with Crippen molar-refractivity contribution in [3.63, 3.8) is 0 Å². The molecule has 5 aromatic rings. The van der Waals surface area contributed by atoms with Gasteiger partial charge < -0.3 is 18.6 Å². The summed E-state index contributed by atoms with van der Waals surface area (Å²) in [6.07, 6.45) is -0.260. The molecule has 0 aliphatic rings. The molecule has 0 amide bonds. The zero-order valence-electron chi connectivity index (χ0n) is 28.6. The third kappa shape index (κ3) is 8.59. The fourth-order valence-electron chi connectivity index (χ4n) is 5.28. The van der Waals surface area contributed by atoms with E-state index in [-0.39, 0.29) is 18.7 Å². The van der Waals surface area contributed by atoms with Gasteiger partial charge in [0.1, 0.15) is 28.1 Å². The second kappa shape index (κ2) is 14.0. The van der Waals surface area contributed by atoms with Crippen molar-refractivity contribution < 1.29 is 33.0 Å². The number of ether oxygens (including phenoxy) is 3. The van der Waals surface area contributed by atoms with Gasteiger partial charge in [-0.1, -0.05) is 47.7 Å². The number of carbonyl (C=O) groups excluding carboxylic acids is 3. The summed E-state index contributed by atoms with van der Waals surface area (Å²) in [5.41, 5.74) is -2.66. The first-order valence-electron chi connectivity index (χ1n) is 16.2. The fourth-order valence-corrected chi connectivity index (χ4v) is 5.28. The first kappa shape index (κ1) is 35.0. The number of benzene rings is 3. The minimum Gasteiger partial charge on any atom is -0.493 e. The van der Waals surface area contributed by atoms with Crippen LogP contribution in [0.1, 0.15) is 70.5 Å². The molecule has 256 valence electrons. The van der Waals surface area contributed by atoms with E-state index in [1.165, 1.54) is 0 Å². The summed E-state index contributed by atoms with van der Waals surface area (Å²) >= 11 is 0. The number of Topliss-reactive ketones (excluding diaryl/α,β-unsaturated/α-hetero) is 1. The number of aryl methyl sites for hydroxylation is 1. The average Bonchev–Trinajstić information content (AvgIpc) is 3.47. The Bertz CT molecular complexity index is 2010. The van der Waals surface area contributed by atoms with Gasteiger partial charge in [-0.25, -0.2) is 4.68 Å². The van der Waals surface area contributed by atoms with Crippen LogP contribution in [0.4, 0.5) is 0 Å². The van der Waals surface area contributed by atoms with E-state index in [1.54, 1.807) is 90.1 Å². The Morgan fingerprint density at radius 2 is 1.47 bits per heavy atom. The zero-order valence-corrected chi connectivity index (χ0v) is 28.6. The highest BCUT2D eigenvalue weighted by Crippen LogP contribution is 2.37. The standard InChI is InChI=1S/C38H41N3O8/c1-36(2,3)48-34(44)38(35(45)49-37(4,5)6,19-20-41-33(43)28-14-10-11-15-29(28)39-40-41)24-30(42)32-23-26-22-27(16-17-31(26)47-32)46-21-18-25-12-8-7-9-13-25/h7-17,22-23H,18-21,24H2,1-6H3. The molecular weight excluding hydrogens is 626 g/mol. The van der Waals surface area contributed by atoms with E-state index >= 15 is 0 Å². The molecule has 0 spiro atoms. The molecule has 0 saturated heterocycles. The Balaban J connectivity index is 1.46. The molecule has 0 aliphatic heterocycles. The maximum Gasteiger partial charge on any atom is 0.324 e. The Morgan fingerprint density at radius 3 is 2.14 bits per heavy atom. The summed E-state index contributed by atoms with van der Waals surface area (Å²) < 4.78 is 24.4. The number of esters is 2. The molecule has 49 heavy (non-hydrogen) atoms. The predicted octanol–water partition coefficient (Wildman–Crippen LogP) is 6.49. The van der Waals surface area contributed by atoms with Crippen molar-refractivity contribution in [3.05, 3.63) is 101 Å². The van der Waals surface area contributed by atoms with Crippen LogP contribution in [-0.2, 0) is 32.0 Å². The van der Waals surface area contributed by atoms with Gasteiger partial charge in [0, 0.05) is 24.8 Å². The van der Waals surface area contributed by atoms with Crippen LogP contribution in [0, 0.1) is 5.41 Å². The number of fused-ring (bicyclic) bond motifs is 2. The molecule has 0 unspecified atom stereocenters. The number of rotatable bonds is 12. The third-order valence-corrected chi connectivity index (χ3v) is 7.69. The van der Waals surface area contributed by atoms with Gasteiger partial charge in [0.25, 0.3) is 5.56 Å². The van der Waals surface area contributed by atoms with Gasteiger partial charge in [-0.05, 0) is 89.9 Å². The summed E-state index contributed by atoms with van der Waals surface area (Å²) in [4.78, 5) is 55.4. The molecular formula is C38H41N3O8. The lowest BCUT2D eigenvalue weighted by Crippen LogP contribution is -2.49. The Morgan fingerprint density at radius 1 is 0.816 bits per heavy atom. The maximum atomic E-state index is 14.1. The maximum absolute atomic E-state index is 14.1. The summed E-state index contributed by atoms with van der Waals surface area (Å²) in [6, 6.07) is 23.4. The van der Waals surface area contributed by atoms with Gasteiger partial charge in [0.15, 0.2) is 17.0 Å². The smallest absolute Gasteiger partial charge is 0.324 e. The Hall–Kier alpha value is -5.32. The molecule has 11 heteroatoms. The van der Waals surface area contributed by atoms with E-state index in [0.29, 0.717) is 34.2 Å². The van der Waals surface area contributed by atoms with Crippen molar-refractivity contribution in [2.45, 2.75) is 78.6 Å². The van der Waals surface area contributed by atoms with Crippen LogP contribution >= 0.6 is 0 Å². The van der Waals surface area contributed by atoms with Crippen molar-refractivity contribution in [2.75, 3.05) is 6.61 Å². The normalized spacial score (nSPS) is 12.2. The number of ketones is 1. The molecule has 0 bridgehead atoms. The molecule has 2 heterocycles. The van der Waals surface area contributed by atoms with Crippen LogP contribution in [0.3, 0.4) is 0 Å². The zero-order chi connectivity index (χ0) is 35.4. The van der Waals surface area contributed by atoms with Crippen molar-refractivity contribution >= 4 is 39.6 Å². The molecule has 0 atom stereocenters. The number of aromatic nitrogens is 3. The lowest BCUT2D eigenvalue weighted by Gasteiger charge is -2.34. The van der Waals surface area contributed by atoms with Crippen LogP contribution < -0.4 is 10.3 Å². The Labute approximate surface area is 284 Å². The lowest BCUT2D eigenvalue weighted by atomic mass is 9.78. The highest BCUT2D eigenvalue weighted by molar-refractivity contribution is 6.08. The van der Waals surface area contributed by atoms with Crippen molar-refractivity contribution in [2.24, 2.45) is 5.41 Å². The van der Waals surface area contributed by atoms with E-state index in [2.05, 4.69) is 10.3 Å². The molecule has 2 aromatic heterocycles. The van der Waals surface area contributed by atoms with Gasteiger partial charge in [0.05, 0.1) is 12.0 Å². The molecule has 3 aromatic carbocycles. The first-order valence-corrected chi connectivity index (χ1v) is 16.2. The molecule has 0 radical (unpaired) electrons. The molecule has 0 N–H and O–H groups in total. The lowest BCUT2D eigenvalue weighted by molar-refractivity contribution is -0.186. The van der Waals surface area contributed by atoms with Crippen LogP contribution in [0.2, 0.25) is 0 Å². The minimum absolute atomic E-state index is 0.0596. The second-order valence-electron chi connectivity index (χ2n) is 14.0. The first-order chi connectivity index (χ1) is 23.1. The molecule has 5 rings (SSSR count). The summed E-state index contributed by atoms with van der Waals surface area (Å²) in [5, 5.41) is 9.07. The van der Waals surface area contributed by atoms with Crippen molar-refractivity contribution in [1.29, 1.82) is 0 Å². The monoisotopic (exact) mass is 667 g/mol. The van der Waals surface area contributed by atoms with Crippen molar-refractivity contribution in [1.82, 2.24) is 15.0 Å². The molecule has 0 aliphatic carbocycles. The van der Waals surface area contributed by atoms with Gasteiger partial charge in [-0.2, -0.15) is 0 Å². The molecule has 0 fully saturated rings. The molecule has 11 nitrogen and oxygen atoms in total. The topological polar surface area (TPSA) is 140 Å². The van der Waals surface area contributed by atoms with Gasteiger partial charge in [-0.15, -0.1) is 5.10 Å². The van der Waals surface area contributed by atoms with Crippen LogP contribution in [0.5, 0.6) is 5.75 Å². The van der Waals surface area contributed by atoms with Gasteiger partial charge >= 0.3 is 11.9 Å². The van der Waals surface area contributed by atoms with Crippen molar-refractivity contribution in [3.8, 4) is 5.75 Å². The number of furan rings is 1. The number of carbonyl (C=O) groups is 3. The second-order valence-corrected chi connectivity index (χ2v) is 14.0. The number of hydrogen-bond acceptors (Lipinski definition) is 10. The van der Waals surface area contributed by atoms with E-state index in [0.717, 1.165) is 16.7 Å². The van der Waals surface area contributed by atoms with Crippen LogP contribution in [-0.4, -0.2) is 50.5 Å². The SMILES string of the molecule is CC(C)(C)OC(=O)C(CCn1nnc2ccccc2c1=O)(CC(=O)c1cc2cc(OCCc3ccccc3)ccc2o1)C(=O)OC(C)(C)C. The van der Waals surface area contributed by atoms with Gasteiger partial charge in [0.2, 0.25) is 0 Å². The van der Waals surface area contributed by atoms with E-state index < -0.39 is 46.3 Å². The van der Waals surface area contributed by atoms with Crippen LogP contribution in [0.25, 0.3) is 21.9 Å². The molecule has 0 saturated carbocycles. The van der Waals surface area contributed by atoms with Crippen LogP contribution in [0.15, 0.2) is 88.1 Å². The summed E-state index contributed by atoms with van der Waals surface area (Å²) in [5.74, 6) is -2.02. The third-order valence-electron chi connectivity index (χ3n) is 7.69. The average molecular weight is 668 g/mol.